The second kappa shape index (κ2) is 5.98. The first-order valence-electron chi connectivity index (χ1n) is 6.38. The molecule has 0 saturated carbocycles. The lowest BCUT2D eigenvalue weighted by atomic mass is 10.1. The molecule has 2 atom stereocenters. The highest BCUT2D eigenvalue weighted by Gasteiger charge is 2.26. The normalized spacial score (nSPS) is 24.9. The Morgan fingerprint density at radius 3 is 2.83 bits per heavy atom. The minimum atomic E-state index is -0.735. The van der Waals surface area contributed by atoms with E-state index in [4.69, 9.17) is 5.11 Å². The van der Waals surface area contributed by atoms with Crippen molar-refractivity contribution in [1.82, 2.24) is 10.2 Å². The SMILES string of the molecule is C[C@@H]1CN[C@@H](CC(=O)O)CN1Cc1ccccc1. The van der Waals surface area contributed by atoms with Gasteiger partial charge in [0.15, 0.2) is 0 Å². The highest BCUT2D eigenvalue weighted by molar-refractivity contribution is 5.67. The van der Waals surface area contributed by atoms with Crippen LogP contribution in [-0.2, 0) is 11.3 Å². The van der Waals surface area contributed by atoms with E-state index in [9.17, 15) is 4.79 Å². The minimum absolute atomic E-state index is 0.0578. The number of hydrogen-bond donors (Lipinski definition) is 2. The lowest BCUT2D eigenvalue weighted by Crippen LogP contribution is -2.55. The number of benzene rings is 1. The van der Waals surface area contributed by atoms with E-state index >= 15 is 0 Å². The van der Waals surface area contributed by atoms with Crippen LogP contribution in [0.1, 0.15) is 18.9 Å². The van der Waals surface area contributed by atoms with Crippen molar-refractivity contribution in [3.05, 3.63) is 35.9 Å². The summed E-state index contributed by atoms with van der Waals surface area (Å²) in [6, 6.07) is 10.8. The van der Waals surface area contributed by atoms with Crippen LogP contribution in [0.15, 0.2) is 30.3 Å². The smallest absolute Gasteiger partial charge is 0.304 e. The van der Waals surface area contributed by atoms with Gasteiger partial charge in [0, 0.05) is 31.7 Å². The summed E-state index contributed by atoms with van der Waals surface area (Å²) in [5.41, 5.74) is 1.28. The topological polar surface area (TPSA) is 52.6 Å². The van der Waals surface area contributed by atoms with Gasteiger partial charge in [0.05, 0.1) is 6.42 Å². The second-order valence-electron chi connectivity index (χ2n) is 4.97. The third-order valence-corrected chi connectivity index (χ3v) is 3.43. The summed E-state index contributed by atoms with van der Waals surface area (Å²) in [5.74, 6) is -0.735. The fraction of sp³-hybridized carbons (Fsp3) is 0.500. The molecule has 2 N–H and O–H groups in total. The molecule has 1 saturated heterocycles. The van der Waals surface area contributed by atoms with Gasteiger partial charge in [-0.3, -0.25) is 9.69 Å². The lowest BCUT2D eigenvalue weighted by molar-refractivity contribution is -0.138. The van der Waals surface area contributed by atoms with Gasteiger partial charge in [-0.15, -0.1) is 0 Å². The quantitative estimate of drug-likeness (QED) is 0.844. The molecule has 98 valence electrons. The van der Waals surface area contributed by atoms with Crippen LogP contribution in [0.4, 0.5) is 0 Å². The van der Waals surface area contributed by atoms with Crippen molar-refractivity contribution < 1.29 is 9.90 Å². The second-order valence-corrected chi connectivity index (χ2v) is 4.97. The molecule has 1 aromatic rings. The zero-order chi connectivity index (χ0) is 13.0. The van der Waals surface area contributed by atoms with Crippen LogP contribution in [-0.4, -0.2) is 41.1 Å². The van der Waals surface area contributed by atoms with Crippen molar-refractivity contribution in [3.63, 3.8) is 0 Å². The monoisotopic (exact) mass is 248 g/mol. The summed E-state index contributed by atoms with van der Waals surface area (Å²) in [5, 5.41) is 12.1. The first kappa shape index (κ1) is 13.1. The van der Waals surface area contributed by atoms with Crippen LogP contribution in [0, 0.1) is 0 Å². The fourth-order valence-corrected chi connectivity index (χ4v) is 2.38. The van der Waals surface area contributed by atoms with Crippen LogP contribution in [0.25, 0.3) is 0 Å². The van der Waals surface area contributed by atoms with E-state index in [1.165, 1.54) is 5.56 Å². The highest BCUT2D eigenvalue weighted by atomic mass is 16.4. The van der Waals surface area contributed by atoms with E-state index in [-0.39, 0.29) is 12.5 Å². The van der Waals surface area contributed by atoms with Gasteiger partial charge in [-0.25, -0.2) is 0 Å². The molecule has 18 heavy (non-hydrogen) atoms. The van der Waals surface area contributed by atoms with Gasteiger partial charge in [0.2, 0.25) is 0 Å². The van der Waals surface area contributed by atoms with Gasteiger partial charge in [-0.1, -0.05) is 30.3 Å². The standard InChI is InChI=1S/C14H20N2O2/c1-11-8-15-13(7-14(17)18)10-16(11)9-12-5-3-2-4-6-12/h2-6,11,13,15H,7-10H2,1H3,(H,17,18)/t11-,13+/m1/s1. The van der Waals surface area contributed by atoms with E-state index in [2.05, 4.69) is 29.3 Å². The average Bonchev–Trinajstić information content (AvgIpc) is 2.34. The summed E-state index contributed by atoms with van der Waals surface area (Å²) in [6.45, 7) is 4.71. The molecule has 1 aliphatic heterocycles. The third kappa shape index (κ3) is 3.55. The number of carboxylic acid groups (broad SMARTS) is 1. The van der Waals surface area contributed by atoms with Gasteiger partial charge in [-0.2, -0.15) is 0 Å². The highest BCUT2D eigenvalue weighted by Crippen LogP contribution is 2.13. The Kier molecular flexibility index (Phi) is 4.33. The van der Waals surface area contributed by atoms with Crippen molar-refractivity contribution >= 4 is 5.97 Å². The largest absolute Gasteiger partial charge is 0.481 e. The molecule has 0 aliphatic carbocycles. The molecule has 1 fully saturated rings. The minimum Gasteiger partial charge on any atom is -0.481 e. The van der Waals surface area contributed by atoms with Crippen molar-refractivity contribution in [2.24, 2.45) is 0 Å². The maximum Gasteiger partial charge on any atom is 0.304 e. The van der Waals surface area contributed by atoms with Crippen LogP contribution >= 0.6 is 0 Å². The van der Waals surface area contributed by atoms with Crippen LogP contribution in [0.2, 0.25) is 0 Å². The Labute approximate surface area is 108 Å². The molecule has 0 unspecified atom stereocenters. The number of carbonyl (C=O) groups is 1. The van der Waals surface area contributed by atoms with E-state index in [0.29, 0.717) is 6.04 Å². The molecule has 2 rings (SSSR count). The fourth-order valence-electron chi connectivity index (χ4n) is 2.38. The number of piperazine rings is 1. The van der Waals surface area contributed by atoms with Gasteiger partial charge < -0.3 is 10.4 Å². The molecule has 0 bridgehead atoms. The predicted octanol–water partition coefficient (Wildman–Crippen LogP) is 1.32. The Bertz CT molecular complexity index is 394. The summed E-state index contributed by atoms with van der Waals surface area (Å²) in [4.78, 5) is 13.1. The molecular weight excluding hydrogens is 228 g/mol. The van der Waals surface area contributed by atoms with Gasteiger partial charge >= 0.3 is 5.97 Å². The number of aliphatic carboxylic acids is 1. The van der Waals surface area contributed by atoms with E-state index < -0.39 is 5.97 Å². The maximum atomic E-state index is 10.8. The van der Waals surface area contributed by atoms with E-state index in [1.807, 2.05) is 18.2 Å². The summed E-state index contributed by atoms with van der Waals surface area (Å²) in [7, 11) is 0. The molecule has 0 spiro atoms. The molecule has 4 heteroatoms. The number of carboxylic acids is 1. The van der Waals surface area contributed by atoms with Crippen LogP contribution < -0.4 is 5.32 Å². The zero-order valence-electron chi connectivity index (χ0n) is 10.7. The molecular formula is C14H20N2O2. The molecule has 0 radical (unpaired) electrons. The Balaban J connectivity index is 1.95. The van der Waals surface area contributed by atoms with E-state index in [0.717, 1.165) is 19.6 Å². The number of nitrogens with one attached hydrogen (secondary N) is 1. The number of nitrogens with zero attached hydrogens (tertiary/aromatic N) is 1. The van der Waals surface area contributed by atoms with Gasteiger partial charge in [-0.05, 0) is 12.5 Å². The predicted molar refractivity (Wildman–Crippen MR) is 70.4 cm³/mol. The van der Waals surface area contributed by atoms with Crippen LogP contribution in [0.3, 0.4) is 0 Å². The van der Waals surface area contributed by atoms with Gasteiger partial charge in [0.25, 0.3) is 0 Å². The van der Waals surface area contributed by atoms with Gasteiger partial charge in [0.1, 0.15) is 0 Å². The molecule has 1 heterocycles. The molecule has 1 aliphatic rings. The zero-order valence-corrected chi connectivity index (χ0v) is 10.7. The van der Waals surface area contributed by atoms with Crippen molar-refractivity contribution in [2.45, 2.75) is 32.0 Å². The maximum absolute atomic E-state index is 10.8. The molecule has 1 aromatic carbocycles. The Morgan fingerprint density at radius 1 is 1.44 bits per heavy atom. The summed E-state index contributed by atoms with van der Waals surface area (Å²) in [6.07, 6.45) is 0.192. The molecule has 4 nitrogen and oxygen atoms in total. The Morgan fingerprint density at radius 2 is 2.17 bits per heavy atom. The van der Waals surface area contributed by atoms with E-state index in [1.54, 1.807) is 0 Å². The van der Waals surface area contributed by atoms with Crippen molar-refractivity contribution in [1.29, 1.82) is 0 Å². The average molecular weight is 248 g/mol. The molecule has 0 aromatic heterocycles. The first-order chi connectivity index (χ1) is 8.65. The van der Waals surface area contributed by atoms with Crippen molar-refractivity contribution in [3.8, 4) is 0 Å². The summed E-state index contributed by atoms with van der Waals surface area (Å²) >= 11 is 0. The summed E-state index contributed by atoms with van der Waals surface area (Å²) < 4.78 is 0. The first-order valence-corrected chi connectivity index (χ1v) is 6.38. The Hall–Kier alpha value is -1.39. The third-order valence-electron chi connectivity index (χ3n) is 3.43. The number of rotatable bonds is 4. The van der Waals surface area contributed by atoms with Crippen LogP contribution in [0.5, 0.6) is 0 Å². The number of hydrogen-bond acceptors (Lipinski definition) is 3. The lowest BCUT2D eigenvalue weighted by Gasteiger charge is -2.38. The molecule has 0 amide bonds. The van der Waals surface area contributed by atoms with Crippen molar-refractivity contribution in [2.75, 3.05) is 13.1 Å².